The van der Waals surface area contributed by atoms with E-state index in [9.17, 15) is 4.79 Å². The number of amides is 2. The van der Waals surface area contributed by atoms with E-state index in [-0.39, 0.29) is 24.2 Å². The molecule has 2 atom stereocenters. The number of hydrogen-bond donors (Lipinski definition) is 2. The van der Waals surface area contributed by atoms with Crippen LogP contribution in [0.25, 0.3) is 0 Å². The lowest BCUT2D eigenvalue weighted by atomic mass is 10.1. The summed E-state index contributed by atoms with van der Waals surface area (Å²) in [4.78, 5) is 20.4. The Morgan fingerprint density at radius 2 is 1.88 bits per heavy atom. The summed E-state index contributed by atoms with van der Waals surface area (Å²) in [6, 6.07) is 9.34. The Bertz CT molecular complexity index is 719. The number of carbonyl (C=O) groups excluding carboxylic acids is 1. The molecule has 2 N–H and O–H groups in total. The van der Waals surface area contributed by atoms with Crippen LogP contribution >= 0.6 is 0 Å². The monoisotopic (exact) mass is 340 g/mol. The Labute approximate surface area is 145 Å². The van der Waals surface area contributed by atoms with Gasteiger partial charge in [-0.05, 0) is 37.3 Å². The molecule has 25 heavy (non-hydrogen) atoms. The quantitative estimate of drug-likeness (QED) is 0.874. The summed E-state index contributed by atoms with van der Waals surface area (Å²) < 4.78 is 11.3. The average molecular weight is 340 g/mol. The first-order chi connectivity index (χ1) is 12.3. The van der Waals surface area contributed by atoms with Gasteiger partial charge in [0, 0.05) is 6.61 Å². The number of nitrogens with one attached hydrogen (secondary N) is 2. The summed E-state index contributed by atoms with van der Waals surface area (Å²) in [6.07, 6.45) is 6.45. The smallest absolute Gasteiger partial charge is 0.322 e. The van der Waals surface area contributed by atoms with E-state index in [4.69, 9.17) is 9.47 Å². The minimum Gasteiger partial charge on any atom is -0.424 e. The lowest BCUT2D eigenvalue weighted by Crippen LogP contribution is -2.43. The highest BCUT2D eigenvalue weighted by Crippen LogP contribution is 2.38. The maximum atomic E-state index is 12.2. The fraction of sp³-hybridized carbons (Fsp3) is 0.389. The molecule has 1 aromatic carbocycles. The maximum Gasteiger partial charge on any atom is 0.322 e. The molecular formula is C18H20N4O3. The molecule has 0 bridgehead atoms. The van der Waals surface area contributed by atoms with Crippen molar-refractivity contribution in [1.29, 1.82) is 0 Å². The van der Waals surface area contributed by atoms with Crippen molar-refractivity contribution in [2.45, 2.75) is 31.4 Å². The first kappa shape index (κ1) is 15.8. The first-order valence-electron chi connectivity index (χ1n) is 8.52. The molecule has 2 fully saturated rings. The molecule has 7 heteroatoms. The number of aromatic nitrogens is 2. The molecule has 0 spiro atoms. The van der Waals surface area contributed by atoms with Crippen LogP contribution in [0.4, 0.5) is 10.5 Å². The van der Waals surface area contributed by atoms with Crippen LogP contribution in [-0.4, -0.2) is 34.8 Å². The molecule has 130 valence electrons. The van der Waals surface area contributed by atoms with Gasteiger partial charge >= 0.3 is 12.0 Å². The molecule has 0 radical (unpaired) electrons. The van der Waals surface area contributed by atoms with Gasteiger partial charge in [-0.1, -0.05) is 18.2 Å². The third kappa shape index (κ3) is 4.06. The Kier molecular flexibility index (Phi) is 4.47. The van der Waals surface area contributed by atoms with Crippen molar-refractivity contribution in [2.75, 3.05) is 11.9 Å². The first-order valence-corrected chi connectivity index (χ1v) is 8.52. The standard InChI is InChI=1S/C18H20N4O3/c23-17(22-15-8-9-24-16(15)12-6-7-12)21-13-10-19-18(20-11-13)25-14-4-2-1-3-5-14/h1-5,10-12,15-16H,6-9H2,(H2,21,22,23)/t15-,16+/m1/s1. The topological polar surface area (TPSA) is 85.4 Å². The number of nitrogens with zero attached hydrogens (tertiary/aromatic N) is 2. The Morgan fingerprint density at radius 1 is 1.12 bits per heavy atom. The van der Waals surface area contributed by atoms with Crippen molar-refractivity contribution in [2.24, 2.45) is 5.92 Å². The van der Waals surface area contributed by atoms with Crippen LogP contribution < -0.4 is 15.4 Å². The molecular weight excluding hydrogens is 320 g/mol. The van der Waals surface area contributed by atoms with Gasteiger partial charge in [0.15, 0.2) is 0 Å². The lowest BCUT2D eigenvalue weighted by Gasteiger charge is -2.19. The highest BCUT2D eigenvalue weighted by atomic mass is 16.5. The number of carbonyl (C=O) groups is 1. The third-order valence-corrected chi connectivity index (χ3v) is 4.38. The van der Waals surface area contributed by atoms with Gasteiger partial charge in [0.1, 0.15) is 5.75 Å². The largest absolute Gasteiger partial charge is 0.424 e. The van der Waals surface area contributed by atoms with E-state index in [1.165, 1.54) is 25.2 Å². The average Bonchev–Trinajstić information content (AvgIpc) is 3.37. The van der Waals surface area contributed by atoms with Crippen molar-refractivity contribution >= 4 is 11.7 Å². The molecule has 2 amide bonds. The molecule has 1 aliphatic heterocycles. The zero-order valence-corrected chi connectivity index (χ0v) is 13.7. The number of ether oxygens (including phenoxy) is 2. The molecule has 4 rings (SSSR count). The van der Waals surface area contributed by atoms with Gasteiger partial charge in [0.2, 0.25) is 0 Å². The van der Waals surface area contributed by atoms with Crippen molar-refractivity contribution < 1.29 is 14.3 Å². The van der Waals surface area contributed by atoms with E-state index in [1.54, 1.807) is 0 Å². The SMILES string of the molecule is O=C(Nc1cnc(Oc2ccccc2)nc1)N[C@@H]1CCO[C@H]1C1CC1. The Hall–Kier alpha value is -2.67. The van der Waals surface area contributed by atoms with E-state index in [1.807, 2.05) is 30.3 Å². The summed E-state index contributed by atoms with van der Waals surface area (Å²) in [6.45, 7) is 0.709. The number of rotatable bonds is 5. The number of urea groups is 1. The zero-order chi connectivity index (χ0) is 17.1. The summed E-state index contributed by atoms with van der Waals surface area (Å²) in [5.74, 6) is 1.26. The predicted molar refractivity (Wildman–Crippen MR) is 91.6 cm³/mol. The molecule has 1 saturated carbocycles. The van der Waals surface area contributed by atoms with Gasteiger partial charge in [0.25, 0.3) is 0 Å². The summed E-state index contributed by atoms with van der Waals surface area (Å²) in [7, 11) is 0. The van der Waals surface area contributed by atoms with Gasteiger partial charge < -0.3 is 20.1 Å². The highest BCUT2D eigenvalue weighted by Gasteiger charge is 2.41. The van der Waals surface area contributed by atoms with Crippen molar-refractivity contribution in [3.8, 4) is 11.8 Å². The maximum absolute atomic E-state index is 12.2. The second kappa shape index (κ2) is 7.06. The molecule has 7 nitrogen and oxygen atoms in total. The Balaban J connectivity index is 1.30. The van der Waals surface area contributed by atoms with Crippen LogP contribution in [0.1, 0.15) is 19.3 Å². The van der Waals surface area contributed by atoms with Gasteiger partial charge in [0.05, 0.1) is 30.2 Å². The Morgan fingerprint density at radius 3 is 2.60 bits per heavy atom. The molecule has 1 saturated heterocycles. The fourth-order valence-corrected chi connectivity index (χ4v) is 3.02. The molecule has 2 aliphatic rings. The number of anilines is 1. The van der Waals surface area contributed by atoms with Crippen molar-refractivity contribution in [3.63, 3.8) is 0 Å². The minimum absolute atomic E-state index is 0.0779. The van der Waals surface area contributed by atoms with E-state index in [2.05, 4.69) is 20.6 Å². The van der Waals surface area contributed by atoms with E-state index >= 15 is 0 Å². The van der Waals surface area contributed by atoms with E-state index in [0.717, 1.165) is 6.42 Å². The van der Waals surface area contributed by atoms with Crippen LogP contribution in [0.5, 0.6) is 11.8 Å². The van der Waals surface area contributed by atoms with Crippen LogP contribution in [0.3, 0.4) is 0 Å². The van der Waals surface area contributed by atoms with Gasteiger partial charge in [-0.2, -0.15) is 0 Å². The third-order valence-electron chi connectivity index (χ3n) is 4.38. The molecule has 1 aromatic heterocycles. The van der Waals surface area contributed by atoms with Gasteiger partial charge in [-0.3, -0.25) is 0 Å². The molecule has 2 heterocycles. The van der Waals surface area contributed by atoms with Crippen LogP contribution in [0.15, 0.2) is 42.7 Å². The van der Waals surface area contributed by atoms with Crippen molar-refractivity contribution in [3.05, 3.63) is 42.7 Å². The second-order valence-corrected chi connectivity index (χ2v) is 6.34. The zero-order valence-electron chi connectivity index (χ0n) is 13.7. The molecule has 0 unspecified atom stereocenters. The minimum atomic E-state index is -0.263. The summed E-state index contributed by atoms with van der Waals surface area (Å²) >= 11 is 0. The summed E-state index contributed by atoms with van der Waals surface area (Å²) in [5.41, 5.74) is 0.514. The van der Waals surface area contributed by atoms with E-state index < -0.39 is 0 Å². The number of benzene rings is 1. The van der Waals surface area contributed by atoms with Crippen LogP contribution in [-0.2, 0) is 4.74 Å². The predicted octanol–water partition coefficient (Wildman–Crippen LogP) is 2.96. The van der Waals surface area contributed by atoms with Gasteiger partial charge in [-0.15, -0.1) is 0 Å². The van der Waals surface area contributed by atoms with Gasteiger partial charge in [-0.25, -0.2) is 14.8 Å². The molecule has 1 aliphatic carbocycles. The van der Waals surface area contributed by atoms with E-state index in [0.29, 0.717) is 24.0 Å². The summed E-state index contributed by atoms with van der Waals surface area (Å²) in [5, 5.41) is 5.74. The van der Waals surface area contributed by atoms with Crippen molar-refractivity contribution in [1.82, 2.24) is 15.3 Å². The van der Waals surface area contributed by atoms with Crippen LogP contribution in [0.2, 0.25) is 0 Å². The second-order valence-electron chi connectivity index (χ2n) is 6.34. The molecule has 2 aromatic rings. The normalized spacial score (nSPS) is 22.4. The number of para-hydroxylation sites is 1. The van der Waals surface area contributed by atoms with Crippen LogP contribution in [0, 0.1) is 5.92 Å². The fourth-order valence-electron chi connectivity index (χ4n) is 3.02. The number of hydrogen-bond acceptors (Lipinski definition) is 5. The highest BCUT2D eigenvalue weighted by molar-refractivity contribution is 5.89. The lowest BCUT2D eigenvalue weighted by molar-refractivity contribution is 0.0829.